The minimum Gasteiger partial charge on any atom is -0.382 e. The fourth-order valence-electron chi connectivity index (χ4n) is 0.981. The van der Waals surface area contributed by atoms with Gasteiger partial charge in [-0.25, -0.2) is 4.39 Å². The molecule has 0 aliphatic heterocycles. The highest BCUT2D eigenvalue weighted by Crippen LogP contribution is 2.19. The van der Waals surface area contributed by atoms with E-state index in [9.17, 15) is 4.39 Å². The highest BCUT2D eigenvalue weighted by atomic mass is 127. The molecule has 1 aromatic rings. The van der Waals surface area contributed by atoms with E-state index in [1.54, 1.807) is 0 Å². The van der Waals surface area contributed by atoms with Crippen LogP contribution in [0.2, 0.25) is 0 Å². The maximum Gasteiger partial charge on any atom is 0.107 e. The molecule has 0 bridgehead atoms. The molecule has 0 saturated carbocycles. The van der Waals surface area contributed by atoms with Gasteiger partial charge in [0.25, 0.3) is 0 Å². The monoisotopic (exact) mass is 279 g/mol. The number of nitrogens with one attached hydrogen (secondary N) is 1. The van der Waals surface area contributed by atoms with E-state index in [0.29, 0.717) is 6.54 Å². The topological polar surface area (TPSA) is 12.0 Å². The molecular weight excluding hydrogens is 268 g/mol. The molecular formula is C9H11FIN. The van der Waals surface area contributed by atoms with E-state index < -0.39 is 0 Å². The number of rotatable bonds is 3. The summed E-state index contributed by atoms with van der Waals surface area (Å²) in [7, 11) is 0. The SMILES string of the molecule is Cc1c(I)cccc1NCCF. The number of hydrogen-bond donors (Lipinski definition) is 1. The molecule has 12 heavy (non-hydrogen) atoms. The summed E-state index contributed by atoms with van der Waals surface area (Å²) in [6, 6.07) is 5.97. The van der Waals surface area contributed by atoms with Crippen molar-refractivity contribution >= 4 is 28.3 Å². The number of halogens is 2. The Kier molecular flexibility index (Phi) is 3.78. The molecule has 0 radical (unpaired) electrons. The molecule has 0 fully saturated rings. The number of alkyl halides is 1. The van der Waals surface area contributed by atoms with Gasteiger partial charge in [0.05, 0.1) is 0 Å². The van der Waals surface area contributed by atoms with Crippen LogP contribution >= 0.6 is 22.6 Å². The molecule has 1 rings (SSSR count). The van der Waals surface area contributed by atoms with Gasteiger partial charge in [0, 0.05) is 15.8 Å². The molecule has 66 valence electrons. The Morgan fingerprint density at radius 1 is 1.50 bits per heavy atom. The van der Waals surface area contributed by atoms with Crippen LogP contribution in [0.4, 0.5) is 10.1 Å². The van der Waals surface area contributed by atoms with E-state index in [4.69, 9.17) is 0 Å². The second-order valence-corrected chi connectivity index (χ2v) is 3.69. The van der Waals surface area contributed by atoms with E-state index in [2.05, 4.69) is 27.9 Å². The molecule has 1 nitrogen and oxygen atoms in total. The van der Waals surface area contributed by atoms with Crippen LogP contribution in [0, 0.1) is 10.5 Å². The van der Waals surface area contributed by atoms with Crippen molar-refractivity contribution in [2.24, 2.45) is 0 Å². The maximum absolute atomic E-state index is 11.8. The summed E-state index contributed by atoms with van der Waals surface area (Å²) in [6.45, 7) is 2.09. The molecule has 1 aromatic carbocycles. The summed E-state index contributed by atoms with van der Waals surface area (Å²) in [5.41, 5.74) is 2.21. The zero-order chi connectivity index (χ0) is 8.97. The second-order valence-electron chi connectivity index (χ2n) is 2.53. The fraction of sp³-hybridized carbons (Fsp3) is 0.333. The molecule has 0 atom stereocenters. The third kappa shape index (κ3) is 2.33. The van der Waals surface area contributed by atoms with E-state index in [0.717, 1.165) is 5.69 Å². The number of hydrogen-bond acceptors (Lipinski definition) is 1. The first-order chi connectivity index (χ1) is 5.75. The van der Waals surface area contributed by atoms with Gasteiger partial charge in [-0.05, 0) is 47.2 Å². The van der Waals surface area contributed by atoms with Crippen LogP contribution in [0.3, 0.4) is 0 Å². The summed E-state index contributed by atoms with van der Waals surface area (Å²) in [5.74, 6) is 0. The third-order valence-corrected chi connectivity index (χ3v) is 2.85. The average Bonchev–Trinajstić information content (AvgIpc) is 2.08. The molecule has 0 aliphatic carbocycles. The normalized spacial score (nSPS) is 9.92. The molecule has 0 amide bonds. The van der Waals surface area contributed by atoms with Crippen molar-refractivity contribution in [1.29, 1.82) is 0 Å². The van der Waals surface area contributed by atoms with Gasteiger partial charge in [-0.2, -0.15) is 0 Å². The van der Waals surface area contributed by atoms with E-state index in [1.807, 2.05) is 25.1 Å². The Morgan fingerprint density at radius 2 is 2.25 bits per heavy atom. The molecule has 0 aliphatic rings. The zero-order valence-electron chi connectivity index (χ0n) is 6.90. The smallest absolute Gasteiger partial charge is 0.107 e. The lowest BCUT2D eigenvalue weighted by Crippen LogP contribution is -2.04. The third-order valence-electron chi connectivity index (χ3n) is 1.68. The van der Waals surface area contributed by atoms with Gasteiger partial charge in [0.15, 0.2) is 0 Å². The molecule has 0 heterocycles. The number of benzene rings is 1. The summed E-state index contributed by atoms with van der Waals surface area (Å²) >= 11 is 2.27. The van der Waals surface area contributed by atoms with E-state index in [1.165, 1.54) is 9.13 Å². The minimum atomic E-state index is -0.328. The standard InChI is InChI=1S/C9H11FIN/c1-7-8(11)3-2-4-9(7)12-6-5-10/h2-4,12H,5-6H2,1H3. The van der Waals surface area contributed by atoms with Crippen molar-refractivity contribution in [3.05, 3.63) is 27.3 Å². The molecule has 1 N–H and O–H groups in total. The van der Waals surface area contributed by atoms with Gasteiger partial charge in [-0.1, -0.05) is 6.07 Å². The summed E-state index contributed by atoms with van der Waals surface area (Å²) in [4.78, 5) is 0. The van der Waals surface area contributed by atoms with Crippen LogP contribution in [-0.4, -0.2) is 13.2 Å². The predicted octanol–water partition coefficient (Wildman–Crippen LogP) is 2.98. The predicted molar refractivity (Wildman–Crippen MR) is 58.4 cm³/mol. The Bertz CT molecular complexity index is 263. The van der Waals surface area contributed by atoms with Crippen molar-refractivity contribution in [3.8, 4) is 0 Å². The first-order valence-electron chi connectivity index (χ1n) is 3.80. The van der Waals surface area contributed by atoms with Crippen LogP contribution in [0.1, 0.15) is 5.56 Å². The van der Waals surface area contributed by atoms with Crippen LogP contribution in [0.25, 0.3) is 0 Å². The second kappa shape index (κ2) is 4.64. The van der Waals surface area contributed by atoms with Gasteiger partial charge < -0.3 is 5.32 Å². The van der Waals surface area contributed by atoms with Gasteiger partial charge >= 0.3 is 0 Å². The first kappa shape index (κ1) is 9.77. The fourth-order valence-corrected chi connectivity index (χ4v) is 1.48. The Morgan fingerprint density at radius 3 is 2.92 bits per heavy atom. The van der Waals surface area contributed by atoms with Crippen LogP contribution in [-0.2, 0) is 0 Å². The lowest BCUT2D eigenvalue weighted by atomic mass is 10.2. The van der Waals surface area contributed by atoms with Gasteiger partial charge in [-0.15, -0.1) is 0 Å². The lowest BCUT2D eigenvalue weighted by Gasteiger charge is -2.08. The van der Waals surface area contributed by atoms with E-state index >= 15 is 0 Å². The largest absolute Gasteiger partial charge is 0.382 e. The van der Waals surface area contributed by atoms with Gasteiger partial charge in [-0.3, -0.25) is 0 Å². The van der Waals surface area contributed by atoms with E-state index in [-0.39, 0.29) is 6.67 Å². The quantitative estimate of drug-likeness (QED) is 0.839. The maximum atomic E-state index is 11.8. The summed E-state index contributed by atoms with van der Waals surface area (Å²) in [6.07, 6.45) is 0. The molecule has 0 saturated heterocycles. The van der Waals surface area contributed by atoms with Crippen LogP contribution in [0.15, 0.2) is 18.2 Å². The van der Waals surface area contributed by atoms with Gasteiger partial charge in [0.1, 0.15) is 6.67 Å². The van der Waals surface area contributed by atoms with Crippen LogP contribution < -0.4 is 5.32 Å². The summed E-state index contributed by atoms with van der Waals surface area (Å²) < 4.78 is 13.1. The molecule has 0 aromatic heterocycles. The molecule has 0 spiro atoms. The van der Waals surface area contributed by atoms with Crippen molar-refractivity contribution < 1.29 is 4.39 Å². The van der Waals surface area contributed by atoms with Crippen molar-refractivity contribution in [3.63, 3.8) is 0 Å². The Hall–Kier alpha value is -0.320. The zero-order valence-corrected chi connectivity index (χ0v) is 9.06. The van der Waals surface area contributed by atoms with Crippen molar-refractivity contribution in [2.45, 2.75) is 6.92 Å². The highest BCUT2D eigenvalue weighted by Gasteiger charge is 1.99. The Balaban J connectivity index is 2.78. The Labute approximate surface area is 85.5 Å². The minimum absolute atomic E-state index is 0.328. The first-order valence-corrected chi connectivity index (χ1v) is 4.88. The summed E-state index contributed by atoms with van der Waals surface area (Å²) in [5, 5.41) is 3.02. The van der Waals surface area contributed by atoms with Gasteiger partial charge in [0.2, 0.25) is 0 Å². The molecule has 3 heteroatoms. The lowest BCUT2D eigenvalue weighted by molar-refractivity contribution is 0.512. The van der Waals surface area contributed by atoms with Crippen LogP contribution in [0.5, 0.6) is 0 Å². The highest BCUT2D eigenvalue weighted by molar-refractivity contribution is 14.1. The molecule has 0 unspecified atom stereocenters. The van der Waals surface area contributed by atoms with Crippen molar-refractivity contribution in [2.75, 3.05) is 18.5 Å². The van der Waals surface area contributed by atoms with Crippen molar-refractivity contribution in [1.82, 2.24) is 0 Å². The number of anilines is 1. The average molecular weight is 279 g/mol.